The van der Waals surface area contributed by atoms with Crippen molar-refractivity contribution in [2.24, 2.45) is 0 Å². The van der Waals surface area contributed by atoms with Gasteiger partial charge in [-0.15, -0.1) is 11.6 Å². The molecule has 0 radical (unpaired) electrons. The average Bonchev–Trinajstić information content (AvgIpc) is 2.85. The van der Waals surface area contributed by atoms with E-state index in [9.17, 15) is 10.1 Å². The number of rotatable bonds is 2. The summed E-state index contributed by atoms with van der Waals surface area (Å²) in [5.41, 5.74) is 0.979. The van der Waals surface area contributed by atoms with Gasteiger partial charge >= 0.3 is 0 Å². The number of hydrogen-bond acceptors (Lipinski definition) is 2. The van der Waals surface area contributed by atoms with Crippen LogP contribution in [0.15, 0.2) is 24.3 Å². The van der Waals surface area contributed by atoms with Crippen LogP contribution in [0.2, 0.25) is 0 Å². The molecule has 13 heavy (non-hydrogen) atoms. The summed E-state index contributed by atoms with van der Waals surface area (Å²) in [5, 5.41) is 10.5. The van der Waals surface area contributed by atoms with Gasteiger partial charge in [0.2, 0.25) is 0 Å². The van der Waals surface area contributed by atoms with Crippen LogP contribution < -0.4 is 0 Å². The molecule has 3 nitrogen and oxygen atoms in total. The van der Waals surface area contributed by atoms with E-state index in [0.717, 1.165) is 18.4 Å². The minimum Gasteiger partial charge on any atom is -0.258 e. The Kier molecular flexibility index (Phi) is 1.77. The fraction of sp³-hybridized carbons (Fsp3) is 0.333. The van der Waals surface area contributed by atoms with Crippen LogP contribution in [0, 0.1) is 10.1 Å². The van der Waals surface area contributed by atoms with Gasteiger partial charge in [0.05, 0.1) is 9.80 Å². The first-order valence-corrected chi connectivity index (χ1v) is 4.43. The summed E-state index contributed by atoms with van der Waals surface area (Å²) in [6, 6.07) is 6.55. The third kappa shape index (κ3) is 1.52. The summed E-state index contributed by atoms with van der Waals surface area (Å²) in [4.78, 5) is 9.75. The Morgan fingerprint density at radius 3 is 2.69 bits per heavy atom. The molecule has 1 aliphatic carbocycles. The molecule has 1 fully saturated rings. The van der Waals surface area contributed by atoms with E-state index in [4.69, 9.17) is 11.6 Å². The van der Waals surface area contributed by atoms with Crippen LogP contribution in [-0.4, -0.2) is 4.92 Å². The van der Waals surface area contributed by atoms with E-state index in [1.807, 2.05) is 6.07 Å². The monoisotopic (exact) mass is 197 g/mol. The molecule has 1 aromatic carbocycles. The number of alkyl halides is 1. The number of nitro groups is 1. The first-order chi connectivity index (χ1) is 6.12. The van der Waals surface area contributed by atoms with E-state index < -0.39 is 4.92 Å². The van der Waals surface area contributed by atoms with Gasteiger partial charge in [0, 0.05) is 12.1 Å². The molecule has 0 spiro atoms. The normalized spacial score (nSPS) is 18.2. The van der Waals surface area contributed by atoms with Crippen LogP contribution in [0.5, 0.6) is 0 Å². The lowest BCUT2D eigenvalue weighted by Gasteiger charge is -2.04. The molecule has 0 unspecified atom stereocenters. The van der Waals surface area contributed by atoms with Gasteiger partial charge in [-0.25, -0.2) is 0 Å². The Morgan fingerprint density at radius 1 is 1.46 bits per heavy atom. The van der Waals surface area contributed by atoms with Gasteiger partial charge in [0.25, 0.3) is 5.69 Å². The van der Waals surface area contributed by atoms with E-state index in [-0.39, 0.29) is 10.6 Å². The van der Waals surface area contributed by atoms with Crippen molar-refractivity contribution in [1.82, 2.24) is 0 Å². The van der Waals surface area contributed by atoms with E-state index in [0.29, 0.717) is 0 Å². The zero-order valence-corrected chi connectivity index (χ0v) is 7.62. The minimum atomic E-state index is -0.397. The molecule has 1 saturated carbocycles. The first kappa shape index (κ1) is 8.51. The third-order valence-corrected chi connectivity index (χ3v) is 2.86. The largest absolute Gasteiger partial charge is 0.269 e. The fourth-order valence-electron chi connectivity index (χ4n) is 1.30. The molecule has 1 aliphatic rings. The summed E-state index contributed by atoms with van der Waals surface area (Å²) in [7, 11) is 0. The van der Waals surface area contributed by atoms with Crippen LogP contribution >= 0.6 is 11.6 Å². The van der Waals surface area contributed by atoms with Crippen molar-refractivity contribution in [3.63, 3.8) is 0 Å². The molecule has 1 aromatic rings. The van der Waals surface area contributed by atoms with Crippen molar-refractivity contribution in [3.05, 3.63) is 39.9 Å². The number of nitrogens with zero attached hydrogens (tertiary/aromatic N) is 1. The lowest BCUT2D eigenvalue weighted by molar-refractivity contribution is -0.384. The van der Waals surface area contributed by atoms with Crippen molar-refractivity contribution < 1.29 is 4.92 Å². The van der Waals surface area contributed by atoms with E-state index in [1.165, 1.54) is 6.07 Å². The van der Waals surface area contributed by atoms with Gasteiger partial charge < -0.3 is 0 Å². The molecule has 0 heterocycles. The van der Waals surface area contributed by atoms with Gasteiger partial charge in [-0.2, -0.15) is 0 Å². The maximum absolute atomic E-state index is 10.5. The Hall–Kier alpha value is -1.09. The molecule has 0 aliphatic heterocycles. The molecule has 0 N–H and O–H groups in total. The Balaban J connectivity index is 2.38. The van der Waals surface area contributed by atoms with Crippen molar-refractivity contribution in [2.75, 3.05) is 0 Å². The second-order valence-corrected chi connectivity index (χ2v) is 4.00. The summed E-state index contributed by atoms with van der Waals surface area (Å²) in [6.45, 7) is 0. The minimum absolute atomic E-state index is 0.115. The SMILES string of the molecule is O=[N+]([O-])c1cccc(C2(Cl)CC2)c1. The van der Waals surface area contributed by atoms with Gasteiger partial charge in [0.15, 0.2) is 0 Å². The molecule has 68 valence electrons. The molecule has 0 bridgehead atoms. The predicted molar refractivity (Wildman–Crippen MR) is 49.9 cm³/mol. The summed E-state index contributed by atoms with van der Waals surface area (Å²) < 4.78 is 0. The van der Waals surface area contributed by atoms with E-state index in [2.05, 4.69) is 0 Å². The fourth-order valence-corrected chi connectivity index (χ4v) is 1.51. The number of non-ortho nitro benzene ring substituents is 1. The van der Waals surface area contributed by atoms with Crippen LogP contribution in [-0.2, 0) is 4.87 Å². The smallest absolute Gasteiger partial charge is 0.258 e. The highest BCUT2D eigenvalue weighted by Gasteiger charge is 2.42. The van der Waals surface area contributed by atoms with E-state index in [1.54, 1.807) is 12.1 Å². The van der Waals surface area contributed by atoms with E-state index >= 15 is 0 Å². The van der Waals surface area contributed by atoms with Crippen molar-refractivity contribution in [1.29, 1.82) is 0 Å². The van der Waals surface area contributed by atoms with Crippen LogP contribution in [0.3, 0.4) is 0 Å². The Labute approximate surface area is 80.5 Å². The molecule has 0 aromatic heterocycles. The first-order valence-electron chi connectivity index (χ1n) is 4.06. The number of benzene rings is 1. The van der Waals surface area contributed by atoms with Crippen molar-refractivity contribution >= 4 is 17.3 Å². The highest BCUT2D eigenvalue weighted by Crippen LogP contribution is 2.52. The molecule has 0 saturated heterocycles. The molecule has 0 amide bonds. The van der Waals surface area contributed by atoms with Crippen LogP contribution in [0.25, 0.3) is 0 Å². The van der Waals surface area contributed by atoms with Gasteiger partial charge in [0.1, 0.15) is 0 Å². The second kappa shape index (κ2) is 2.70. The number of halogens is 1. The lowest BCUT2D eigenvalue weighted by atomic mass is 10.1. The van der Waals surface area contributed by atoms with Gasteiger partial charge in [-0.05, 0) is 18.4 Å². The second-order valence-electron chi connectivity index (χ2n) is 3.27. The zero-order valence-electron chi connectivity index (χ0n) is 6.87. The number of nitro benzene ring substituents is 1. The van der Waals surface area contributed by atoms with Crippen molar-refractivity contribution in [3.8, 4) is 0 Å². The topological polar surface area (TPSA) is 43.1 Å². The molecular weight excluding hydrogens is 190 g/mol. The standard InChI is InChI=1S/C9H8ClNO2/c10-9(4-5-9)7-2-1-3-8(6-7)11(12)13/h1-3,6H,4-5H2. The molecular formula is C9H8ClNO2. The summed E-state index contributed by atoms with van der Waals surface area (Å²) in [5.74, 6) is 0. The molecule has 4 heteroatoms. The van der Waals surface area contributed by atoms with Gasteiger partial charge in [-0.1, -0.05) is 12.1 Å². The highest BCUT2D eigenvalue weighted by molar-refractivity contribution is 6.25. The van der Waals surface area contributed by atoms with Crippen LogP contribution in [0.4, 0.5) is 5.69 Å². The maximum Gasteiger partial charge on any atom is 0.269 e. The van der Waals surface area contributed by atoms with Crippen molar-refractivity contribution in [2.45, 2.75) is 17.7 Å². The quantitative estimate of drug-likeness (QED) is 0.416. The Morgan fingerprint density at radius 2 is 2.15 bits per heavy atom. The average molecular weight is 198 g/mol. The predicted octanol–water partition coefficient (Wildman–Crippen LogP) is 2.82. The third-order valence-electron chi connectivity index (χ3n) is 2.26. The van der Waals surface area contributed by atoms with Crippen LogP contribution in [0.1, 0.15) is 18.4 Å². The summed E-state index contributed by atoms with van der Waals surface area (Å²) in [6.07, 6.45) is 1.82. The zero-order chi connectivity index (χ0) is 9.47. The lowest BCUT2D eigenvalue weighted by Crippen LogP contribution is -1.97. The highest BCUT2D eigenvalue weighted by atomic mass is 35.5. The maximum atomic E-state index is 10.5. The summed E-state index contributed by atoms with van der Waals surface area (Å²) >= 11 is 6.12. The van der Waals surface area contributed by atoms with Gasteiger partial charge in [-0.3, -0.25) is 10.1 Å². The molecule has 0 atom stereocenters. The molecule has 2 rings (SSSR count). The number of hydrogen-bond donors (Lipinski definition) is 0. The Bertz CT molecular complexity index is 360.